The Hall–Kier alpha value is -3.55. The van der Waals surface area contributed by atoms with E-state index in [0.29, 0.717) is 5.56 Å². The lowest BCUT2D eigenvalue weighted by Gasteiger charge is -2.08. The number of aryl methyl sites for hydroxylation is 1. The number of para-hydroxylation sites is 1. The maximum atomic E-state index is 9.49. The molecule has 0 amide bonds. The molecule has 29 heavy (non-hydrogen) atoms. The third-order valence-corrected chi connectivity index (χ3v) is 5.38. The summed E-state index contributed by atoms with van der Waals surface area (Å²) in [6.07, 6.45) is 7.50. The van der Waals surface area contributed by atoms with Crippen molar-refractivity contribution in [2.45, 2.75) is 52.0 Å². The minimum atomic E-state index is -0.150. The van der Waals surface area contributed by atoms with Crippen LogP contribution in [0.5, 0.6) is 0 Å². The molecule has 2 aromatic carbocycles. The summed E-state index contributed by atoms with van der Waals surface area (Å²) in [7, 11) is 0. The van der Waals surface area contributed by atoms with Gasteiger partial charge >= 0.3 is 0 Å². The van der Waals surface area contributed by atoms with Gasteiger partial charge in [0.15, 0.2) is 0 Å². The van der Waals surface area contributed by atoms with Crippen LogP contribution in [0.15, 0.2) is 48.0 Å². The molecule has 0 radical (unpaired) electrons. The topological polar surface area (TPSA) is 76.3 Å². The molecule has 1 aromatic heterocycles. The Labute approximate surface area is 171 Å². The van der Waals surface area contributed by atoms with Crippen LogP contribution in [0.25, 0.3) is 27.4 Å². The minimum Gasteiger partial charge on any atom is -0.340 e. The van der Waals surface area contributed by atoms with Crippen LogP contribution < -0.4 is 0 Å². The lowest BCUT2D eigenvalue weighted by Crippen LogP contribution is -1.98. The maximum absolute atomic E-state index is 9.49. The molecule has 1 heterocycles. The van der Waals surface area contributed by atoms with Crippen LogP contribution in [-0.2, 0) is 6.54 Å². The largest absolute Gasteiger partial charge is 0.340 e. The van der Waals surface area contributed by atoms with E-state index in [4.69, 9.17) is 10.5 Å². The Kier molecular flexibility index (Phi) is 6.67. The molecule has 0 saturated heterocycles. The number of aromatic nitrogens is 1. The van der Waals surface area contributed by atoms with Crippen molar-refractivity contribution in [3.05, 3.63) is 53.6 Å². The fourth-order valence-electron chi connectivity index (χ4n) is 3.90. The summed E-state index contributed by atoms with van der Waals surface area (Å²) in [4.78, 5) is 0. The predicted molar refractivity (Wildman–Crippen MR) is 117 cm³/mol. The number of benzene rings is 2. The van der Waals surface area contributed by atoms with Gasteiger partial charge in [0.05, 0.1) is 5.57 Å². The number of hydrogen-bond donors (Lipinski definition) is 0. The zero-order valence-electron chi connectivity index (χ0n) is 16.8. The lowest BCUT2D eigenvalue weighted by molar-refractivity contribution is 0.571. The maximum Gasteiger partial charge on any atom is 0.148 e. The molecule has 0 bridgehead atoms. The predicted octanol–water partition coefficient (Wildman–Crippen LogP) is 6.48. The zero-order chi connectivity index (χ0) is 20.6. The van der Waals surface area contributed by atoms with Crippen LogP contribution in [0, 0.1) is 34.0 Å². The zero-order valence-corrected chi connectivity index (χ0v) is 16.8. The van der Waals surface area contributed by atoms with Crippen molar-refractivity contribution in [1.29, 1.82) is 15.8 Å². The van der Waals surface area contributed by atoms with Gasteiger partial charge in [-0.05, 0) is 30.2 Å². The van der Waals surface area contributed by atoms with Crippen molar-refractivity contribution in [2.75, 3.05) is 0 Å². The van der Waals surface area contributed by atoms with E-state index in [1.54, 1.807) is 0 Å². The summed E-state index contributed by atoms with van der Waals surface area (Å²) in [6, 6.07) is 19.7. The van der Waals surface area contributed by atoms with Gasteiger partial charge in [-0.25, -0.2) is 0 Å². The monoisotopic (exact) mass is 380 g/mol. The fourth-order valence-corrected chi connectivity index (χ4v) is 3.90. The molecular weight excluding hydrogens is 356 g/mol. The van der Waals surface area contributed by atoms with E-state index >= 15 is 0 Å². The first-order chi connectivity index (χ1) is 14.2. The Bertz CT molecular complexity index is 1160. The van der Waals surface area contributed by atoms with E-state index in [0.717, 1.165) is 29.3 Å². The molecule has 0 unspecified atom stereocenters. The molecule has 144 valence electrons. The SMILES string of the molecule is CCCCCCCCn1c2ccccc2c2cc(C(C#N)=C(C#N)C#N)ccc21. The van der Waals surface area contributed by atoms with Gasteiger partial charge in [0.25, 0.3) is 0 Å². The summed E-state index contributed by atoms with van der Waals surface area (Å²) in [6.45, 7) is 3.19. The second-order valence-corrected chi connectivity index (χ2v) is 7.25. The number of rotatable bonds is 8. The van der Waals surface area contributed by atoms with E-state index in [9.17, 15) is 5.26 Å². The molecule has 3 aromatic rings. The summed E-state index contributed by atoms with van der Waals surface area (Å²) >= 11 is 0. The average molecular weight is 380 g/mol. The Morgan fingerprint density at radius 1 is 0.793 bits per heavy atom. The highest BCUT2D eigenvalue weighted by molar-refractivity contribution is 6.09. The number of allylic oxidation sites excluding steroid dienone is 2. The molecule has 0 atom stereocenters. The van der Waals surface area contributed by atoms with Crippen LogP contribution in [-0.4, -0.2) is 4.57 Å². The molecule has 0 aliphatic carbocycles. The second-order valence-electron chi connectivity index (χ2n) is 7.25. The van der Waals surface area contributed by atoms with Gasteiger partial charge in [0.2, 0.25) is 0 Å². The molecule has 0 N–H and O–H groups in total. The highest BCUT2D eigenvalue weighted by Gasteiger charge is 2.14. The van der Waals surface area contributed by atoms with E-state index in [1.165, 1.54) is 37.6 Å². The van der Waals surface area contributed by atoms with Crippen molar-refractivity contribution in [3.63, 3.8) is 0 Å². The summed E-state index contributed by atoms with van der Waals surface area (Å²) < 4.78 is 2.35. The molecule has 0 saturated carbocycles. The fraction of sp³-hybridized carbons (Fsp3) is 0.320. The van der Waals surface area contributed by atoms with E-state index in [-0.39, 0.29) is 11.1 Å². The van der Waals surface area contributed by atoms with Crippen LogP contribution in [0.4, 0.5) is 0 Å². The highest BCUT2D eigenvalue weighted by Crippen LogP contribution is 2.32. The quantitative estimate of drug-likeness (QED) is 0.331. The summed E-state index contributed by atoms with van der Waals surface area (Å²) in [5.74, 6) is 0. The standard InChI is InChI=1S/C25H24N4/c1-2-3-4-5-6-9-14-29-24-11-8-7-10-21(24)22-15-19(12-13-25(22)29)23(18-28)20(16-26)17-27/h7-8,10-13,15H,2-6,9,14H2,1H3. The molecule has 0 aliphatic heterocycles. The first-order valence-electron chi connectivity index (χ1n) is 10.2. The Morgan fingerprint density at radius 3 is 2.21 bits per heavy atom. The van der Waals surface area contributed by atoms with Crippen LogP contribution >= 0.6 is 0 Å². The molecule has 4 heteroatoms. The third-order valence-electron chi connectivity index (χ3n) is 5.38. The van der Waals surface area contributed by atoms with Crippen molar-refractivity contribution >= 4 is 27.4 Å². The van der Waals surface area contributed by atoms with E-state index in [2.05, 4.69) is 23.6 Å². The van der Waals surface area contributed by atoms with E-state index < -0.39 is 0 Å². The van der Waals surface area contributed by atoms with Crippen molar-refractivity contribution < 1.29 is 0 Å². The average Bonchev–Trinajstić information content (AvgIpc) is 3.07. The van der Waals surface area contributed by atoms with Crippen molar-refractivity contribution in [3.8, 4) is 18.2 Å². The Balaban J connectivity index is 2.01. The number of hydrogen-bond acceptors (Lipinski definition) is 3. The van der Waals surface area contributed by atoms with Gasteiger partial charge in [-0.3, -0.25) is 0 Å². The Morgan fingerprint density at radius 2 is 1.48 bits per heavy atom. The van der Waals surface area contributed by atoms with Crippen LogP contribution in [0.3, 0.4) is 0 Å². The van der Waals surface area contributed by atoms with Crippen LogP contribution in [0.1, 0.15) is 51.0 Å². The number of fused-ring (bicyclic) bond motifs is 3. The van der Waals surface area contributed by atoms with Gasteiger partial charge in [0.1, 0.15) is 23.8 Å². The number of nitriles is 3. The number of unbranched alkanes of at least 4 members (excludes halogenated alkanes) is 5. The molecule has 0 spiro atoms. The lowest BCUT2D eigenvalue weighted by atomic mass is 10.00. The van der Waals surface area contributed by atoms with Gasteiger partial charge in [-0.1, -0.05) is 63.3 Å². The molecule has 3 rings (SSSR count). The van der Waals surface area contributed by atoms with Gasteiger partial charge in [0, 0.05) is 28.4 Å². The third kappa shape index (κ3) is 4.16. The molecule has 4 nitrogen and oxygen atoms in total. The molecule has 0 aliphatic rings. The minimum absolute atomic E-state index is 0.129. The van der Waals surface area contributed by atoms with Crippen molar-refractivity contribution in [2.24, 2.45) is 0 Å². The van der Waals surface area contributed by atoms with Gasteiger partial charge in [-0.15, -0.1) is 0 Å². The summed E-state index contributed by atoms with van der Waals surface area (Å²) in [5, 5.41) is 30.0. The normalized spacial score (nSPS) is 10.4. The first kappa shape index (κ1) is 20.2. The van der Waals surface area contributed by atoms with E-state index in [1.807, 2.05) is 48.5 Å². The molecular formula is C25H24N4. The highest BCUT2D eigenvalue weighted by atomic mass is 15.0. The van der Waals surface area contributed by atoms with Gasteiger partial charge < -0.3 is 4.57 Å². The second kappa shape index (κ2) is 9.59. The smallest absolute Gasteiger partial charge is 0.148 e. The summed E-state index contributed by atoms with van der Waals surface area (Å²) in [5.41, 5.74) is 2.89. The van der Waals surface area contributed by atoms with Crippen molar-refractivity contribution in [1.82, 2.24) is 4.57 Å². The molecule has 0 fully saturated rings. The van der Waals surface area contributed by atoms with Crippen LogP contribution in [0.2, 0.25) is 0 Å². The first-order valence-corrected chi connectivity index (χ1v) is 10.2. The number of nitrogens with zero attached hydrogens (tertiary/aromatic N) is 4. The van der Waals surface area contributed by atoms with Gasteiger partial charge in [-0.2, -0.15) is 15.8 Å².